The number of rotatable bonds is 6. The summed E-state index contributed by atoms with van der Waals surface area (Å²) in [6.07, 6.45) is 1.53. The maximum Gasteiger partial charge on any atom is 0.275 e. The highest BCUT2D eigenvalue weighted by atomic mass is 16.5. The van der Waals surface area contributed by atoms with Crippen LogP contribution in [0.2, 0.25) is 0 Å². The number of hydrogen-bond donors (Lipinski definition) is 2. The highest BCUT2D eigenvalue weighted by molar-refractivity contribution is 6.01. The fourth-order valence-electron chi connectivity index (χ4n) is 3.84. The van der Waals surface area contributed by atoms with Crippen molar-refractivity contribution in [1.82, 2.24) is 5.43 Å². The van der Waals surface area contributed by atoms with Crippen LogP contribution in [0.25, 0.3) is 21.5 Å². The number of ether oxygens (including phenoxy) is 1. The number of phenols is 1. The van der Waals surface area contributed by atoms with E-state index in [2.05, 4.69) is 40.9 Å². The fourth-order valence-corrected chi connectivity index (χ4v) is 3.84. The van der Waals surface area contributed by atoms with Gasteiger partial charge in [-0.1, -0.05) is 72.8 Å². The molecule has 0 aromatic heterocycles. The summed E-state index contributed by atoms with van der Waals surface area (Å²) < 4.78 is 6.04. The highest BCUT2D eigenvalue weighted by Crippen LogP contribution is 2.25. The van der Waals surface area contributed by atoms with E-state index in [1.807, 2.05) is 60.7 Å². The number of phenolic OH excluding ortho intramolecular Hbond substituents is 1. The predicted molar refractivity (Wildman–Crippen MR) is 135 cm³/mol. The summed E-state index contributed by atoms with van der Waals surface area (Å²) in [7, 11) is 0. The van der Waals surface area contributed by atoms with Gasteiger partial charge in [-0.15, -0.1) is 0 Å². The van der Waals surface area contributed by atoms with Crippen LogP contribution in [-0.4, -0.2) is 17.2 Å². The molecule has 0 heterocycles. The van der Waals surface area contributed by atoms with Crippen LogP contribution in [0.15, 0.2) is 108 Å². The molecule has 0 aliphatic carbocycles. The van der Waals surface area contributed by atoms with Crippen molar-refractivity contribution in [1.29, 1.82) is 0 Å². The second kappa shape index (κ2) is 9.46. The monoisotopic (exact) mass is 446 g/mol. The van der Waals surface area contributed by atoms with Crippen LogP contribution in [0.5, 0.6) is 11.5 Å². The van der Waals surface area contributed by atoms with Gasteiger partial charge >= 0.3 is 0 Å². The minimum absolute atomic E-state index is 0.0921. The number of para-hydroxylation sites is 1. The summed E-state index contributed by atoms with van der Waals surface area (Å²) in [5, 5.41) is 18.4. The van der Waals surface area contributed by atoms with Crippen molar-refractivity contribution < 1.29 is 14.6 Å². The third kappa shape index (κ3) is 4.59. The maximum absolute atomic E-state index is 12.6. The van der Waals surface area contributed by atoms with Gasteiger partial charge in [0.05, 0.1) is 11.8 Å². The number of amides is 1. The van der Waals surface area contributed by atoms with Gasteiger partial charge in [-0.25, -0.2) is 5.43 Å². The number of benzene rings is 5. The number of hydrazone groups is 1. The van der Waals surface area contributed by atoms with Crippen LogP contribution in [0.4, 0.5) is 0 Å². The number of fused-ring (bicyclic) bond motifs is 2. The van der Waals surface area contributed by atoms with E-state index in [-0.39, 0.29) is 11.3 Å². The van der Waals surface area contributed by atoms with Gasteiger partial charge in [-0.05, 0) is 57.4 Å². The molecule has 5 rings (SSSR count). The largest absolute Gasteiger partial charge is 0.507 e. The Labute approximate surface area is 196 Å². The van der Waals surface area contributed by atoms with Crippen LogP contribution in [-0.2, 0) is 6.61 Å². The number of carbonyl (C=O) groups excluding carboxylic acids is 1. The number of nitrogens with zero attached hydrogens (tertiary/aromatic N) is 1. The Bertz CT molecular complexity index is 1520. The van der Waals surface area contributed by atoms with Crippen molar-refractivity contribution in [3.63, 3.8) is 0 Å². The third-order valence-electron chi connectivity index (χ3n) is 5.61. The van der Waals surface area contributed by atoms with E-state index >= 15 is 0 Å². The first kappa shape index (κ1) is 21.2. The molecule has 5 aromatic carbocycles. The second-order valence-corrected chi connectivity index (χ2v) is 7.92. The minimum atomic E-state index is -0.492. The van der Waals surface area contributed by atoms with E-state index < -0.39 is 5.91 Å². The van der Waals surface area contributed by atoms with Crippen LogP contribution >= 0.6 is 0 Å². The predicted octanol–water partition coefficient (Wildman–Crippen LogP) is 6.04. The highest BCUT2D eigenvalue weighted by Gasteiger charge is 2.12. The first-order valence-corrected chi connectivity index (χ1v) is 10.9. The number of hydrogen-bond acceptors (Lipinski definition) is 4. The quantitative estimate of drug-likeness (QED) is 0.247. The van der Waals surface area contributed by atoms with Gasteiger partial charge in [0.25, 0.3) is 5.91 Å². The zero-order chi connectivity index (χ0) is 23.3. The summed E-state index contributed by atoms with van der Waals surface area (Å²) in [5.74, 6) is 0.0711. The zero-order valence-electron chi connectivity index (χ0n) is 18.3. The van der Waals surface area contributed by atoms with Gasteiger partial charge in [0.1, 0.15) is 18.1 Å². The molecule has 5 nitrogen and oxygen atoms in total. The number of carbonyl (C=O) groups is 1. The molecule has 0 aliphatic heterocycles. The Morgan fingerprint density at radius 3 is 2.24 bits per heavy atom. The molecule has 0 unspecified atom stereocenters. The van der Waals surface area contributed by atoms with E-state index in [1.165, 1.54) is 11.6 Å². The van der Waals surface area contributed by atoms with Crippen molar-refractivity contribution in [2.24, 2.45) is 5.10 Å². The van der Waals surface area contributed by atoms with Gasteiger partial charge in [0.15, 0.2) is 0 Å². The molecule has 5 heteroatoms. The molecule has 0 fully saturated rings. The lowest BCUT2D eigenvalue weighted by atomic mass is 10.1. The molecular formula is C29H22N2O3. The standard InChI is InChI=1S/C29H22N2O3/c32-27-17-24-10-4-3-9-23(24)16-26(27)29(33)31-30-18-25-11-5-6-12-28(25)34-19-20-13-14-21-7-1-2-8-22(21)15-20/h1-18,32H,19H2,(H,31,33). The smallest absolute Gasteiger partial charge is 0.275 e. The molecule has 0 aliphatic rings. The Morgan fingerprint density at radius 1 is 0.794 bits per heavy atom. The first-order chi connectivity index (χ1) is 16.7. The van der Waals surface area contributed by atoms with Crippen molar-refractivity contribution >= 4 is 33.7 Å². The van der Waals surface area contributed by atoms with Gasteiger partial charge in [-0.3, -0.25) is 4.79 Å². The summed E-state index contributed by atoms with van der Waals surface area (Å²) in [6, 6.07) is 32.7. The van der Waals surface area contributed by atoms with E-state index in [1.54, 1.807) is 12.1 Å². The number of nitrogens with one attached hydrogen (secondary N) is 1. The molecule has 166 valence electrons. The molecule has 0 atom stereocenters. The van der Waals surface area contributed by atoms with Crippen molar-refractivity contribution in [3.8, 4) is 11.5 Å². The van der Waals surface area contributed by atoms with Crippen LogP contribution in [0, 0.1) is 0 Å². The molecule has 0 saturated carbocycles. The van der Waals surface area contributed by atoms with Gasteiger partial charge in [0, 0.05) is 5.56 Å². The summed E-state index contributed by atoms with van der Waals surface area (Å²) in [6.45, 7) is 0.410. The topological polar surface area (TPSA) is 70.9 Å². The Hall–Kier alpha value is -4.64. The lowest BCUT2D eigenvalue weighted by Crippen LogP contribution is -2.17. The third-order valence-corrected chi connectivity index (χ3v) is 5.61. The zero-order valence-corrected chi connectivity index (χ0v) is 18.3. The van der Waals surface area contributed by atoms with Crippen LogP contribution < -0.4 is 10.2 Å². The Morgan fingerprint density at radius 2 is 1.44 bits per heavy atom. The number of aromatic hydroxyl groups is 1. The molecule has 34 heavy (non-hydrogen) atoms. The molecule has 1 amide bonds. The van der Waals surface area contributed by atoms with E-state index in [9.17, 15) is 9.90 Å². The maximum atomic E-state index is 12.6. The van der Waals surface area contributed by atoms with Crippen molar-refractivity contribution in [3.05, 3.63) is 120 Å². The second-order valence-electron chi connectivity index (χ2n) is 7.92. The fraction of sp³-hybridized carbons (Fsp3) is 0.0345. The molecular weight excluding hydrogens is 424 g/mol. The lowest BCUT2D eigenvalue weighted by Gasteiger charge is -2.10. The molecule has 0 bridgehead atoms. The van der Waals surface area contributed by atoms with Crippen molar-refractivity contribution in [2.45, 2.75) is 6.61 Å². The van der Waals surface area contributed by atoms with Gasteiger partial charge < -0.3 is 9.84 Å². The molecule has 5 aromatic rings. The molecule has 2 N–H and O–H groups in total. The molecule has 0 saturated heterocycles. The van der Waals surface area contributed by atoms with E-state index in [0.717, 1.165) is 27.3 Å². The summed E-state index contributed by atoms with van der Waals surface area (Å²) in [4.78, 5) is 12.6. The van der Waals surface area contributed by atoms with Gasteiger partial charge in [0.2, 0.25) is 0 Å². The van der Waals surface area contributed by atoms with Gasteiger partial charge in [-0.2, -0.15) is 5.10 Å². The lowest BCUT2D eigenvalue weighted by molar-refractivity contribution is 0.0952. The first-order valence-electron chi connectivity index (χ1n) is 10.9. The minimum Gasteiger partial charge on any atom is -0.507 e. The van der Waals surface area contributed by atoms with Crippen LogP contribution in [0.1, 0.15) is 21.5 Å². The average molecular weight is 447 g/mol. The Kier molecular flexibility index (Phi) is 5.91. The van der Waals surface area contributed by atoms with E-state index in [0.29, 0.717) is 12.4 Å². The molecule has 0 radical (unpaired) electrons. The Balaban J connectivity index is 1.28. The van der Waals surface area contributed by atoms with Crippen molar-refractivity contribution in [2.75, 3.05) is 0 Å². The SMILES string of the molecule is O=C(NN=Cc1ccccc1OCc1ccc2ccccc2c1)c1cc2ccccc2cc1O. The molecule has 0 spiro atoms. The van der Waals surface area contributed by atoms with E-state index in [4.69, 9.17) is 4.74 Å². The van der Waals surface area contributed by atoms with Crippen LogP contribution in [0.3, 0.4) is 0 Å². The average Bonchev–Trinajstić information content (AvgIpc) is 2.87. The normalized spacial score (nSPS) is 11.2. The summed E-state index contributed by atoms with van der Waals surface area (Å²) >= 11 is 0. The summed E-state index contributed by atoms with van der Waals surface area (Å²) in [5.41, 5.74) is 4.44.